The number of nitrogens with zero attached hydrogens (tertiary/aromatic N) is 5. The Balaban J connectivity index is 1.69. The lowest BCUT2D eigenvalue weighted by Crippen LogP contribution is -2.65. The molecule has 0 bridgehead atoms. The molecule has 3 heterocycles. The van der Waals surface area contributed by atoms with Crippen molar-refractivity contribution in [3.05, 3.63) is 35.9 Å². The van der Waals surface area contributed by atoms with Crippen LogP contribution in [0.25, 0.3) is 0 Å². The molecular weight excluding hydrogens is 348 g/mol. The number of hydrazone groups is 1. The lowest BCUT2D eigenvalue weighted by molar-refractivity contribution is -0.137. The zero-order chi connectivity index (χ0) is 19.1. The van der Waals surface area contributed by atoms with E-state index in [-0.39, 0.29) is 24.4 Å². The van der Waals surface area contributed by atoms with Crippen LogP contribution in [-0.2, 0) is 9.53 Å². The first-order chi connectivity index (χ1) is 13.0. The highest BCUT2D eigenvalue weighted by atomic mass is 16.5. The SMILES string of the molecule is COCCN1N=C(c2ccccc2)CN2C3C(=O)N(C)C(=O)N(C)C3NC12. The van der Waals surface area contributed by atoms with Gasteiger partial charge in [-0.3, -0.25) is 20.0 Å². The quantitative estimate of drug-likeness (QED) is 0.786. The number of ether oxygens (including phenoxy) is 1. The third kappa shape index (κ3) is 2.88. The fraction of sp³-hybridized carbons (Fsp3) is 0.500. The van der Waals surface area contributed by atoms with Gasteiger partial charge in [-0.2, -0.15) is 5.10 Å². The van der Waals surface area contributed by atoms with Crippen LogP contribution in [0.3, 0.4) is 0 Å². The summed E-state index contributed by atoms with van der Waals surface area (Å²) in [4.78, 5) is 30.1. The molecule has 4 rings (SSSR count). The summed E-state index contributed by atoms with van der Waals surface area (Å²) in [6.45, 7) is 1.60. The zero-order valence-corrected chi connectivity index (χ0v) is 15.7. The van der Waals surface area contributed by atoms with Crippen LogP contribution >= 0.6 is 0 Å². The molecule has 27 heavy (non-hydrogen) atoms. The predicted octanol–water partition coefficient (Wildman–Crippen LogP) is -0.240. The van der Waals surface area contributed by atoms with Gasteiger partial charge in [0.05, 0.1) is 18.9 Å². The van der Waals surface area contributed by atoms with Gasteiger partial charge in [0.25, 0.3) is 5.91 Å². The first kappa shape index (κ1) is 17.9. The molecule has 9 nitrogen and oxygen atoms in total. The molecule has 144 valence electrons. The first-order valence-corrected chi connectivity index (χ1v) is 8.97. The van der Waals surface area contributed by atoms with Gasteiger partial charge in [0.15, 0.2) is 6.29 Å². The Labute approximate surface area is 158 Å². The second-order valence-corrected chi connectivity index (χ2v) is 6.96. The van der Waals surface area contributed by atoms with Crippen LogP contribution in [0.1, 0.15) is 5.56 Å². The second kappa shape index (κ2) is 6.91. The monoisotopic (exact) mass is 372 g/mol. The van der Waals surface area contributed by atoms with Crippen molar-refractivity contribution in [1.29, 1.82) is 0 Å². The van der Waals surface area contributed by atoms with E-state index in [1.54, 1.807) is 19.1 Å². The van der Waals surface area contributed by atoms with Crippen molar-refractivity contribution in [3.63, 3.8) is 0 Å². The van der Waals surface area contributed by atoms with E-state index >= 15 is 0 Å². The molecule has 2 saturated heterocycles. The highest BCUT2D eigenvalue weighted by Crippen LogP contribution is 2.30. The minimum atomic E-state index is -0.457. The summed E-state index contributed by atoms with van der Waals surface area (Å²) < 4.78 is 5.23. The Kier molecular flexibility index (Phi) is 4.58. The van der Waals surface area contributed by atoms with E-state index in [4.69, 9.17) is 9.84 Å². The number of likely N-dealkylation sites (N-methyl/N-ethyl adjacent to an activating group) is 2. The maximum absolute atomic E-state index is 12.9. The number of carbonyl (C=O) groups is 2. The smallest absolute Gasteiger partial charge is 0.327 e. The van der Waals surface area contributed by atoms with Crippen molar-refractivity contribution >= 4 is 17.6 Å². The number of hydrogen-bond donors (Lipinski definition) is 1. The van der Waals surface area contributed by atoms with Crippen molar-refractivity contribution in [2.45, 2.75) is 18.5 Å². The lowest BCUT2D eigenvalue weighted by Gasteiger charge is -2.41. The Morgan fingerprint density at radius 2 is 1.96 bits per heavy atom. The molecule has 1 aromatic rings. The van der Waals surface area contributed by atoms with Crippen LogP contribution in [0.5, 0.6) is 0 Å². The van der Waals surface area contributed by atoms with Crippen molar-refractivity contribution in [1.82, 2.24) is 25.0 Å². The summed E-state index contributed by atoms with van der Waals surface area (Å²) in [5, 5.41) is 10.1. The number of rotatable bonds is 4. The summed E-state index contributed by atoms with van der Waals surface area (Å²) >= 11 is 0. The van der Waals surface area contributed by atoms with Crippen molar-refractivity contribution in [3.8, 4) is 0 Å². The fourth-order valence-electron chi connectivity index (χ4n) is 3.91. The molecule has 3 unspecified atom stereocenters. The molecule has 1 N–H and O–H groups in total. The molecule has 3 amide bonds. The van der Waals surface area contributed by atoms with Gasteiger partial charge in [0.1, 0.15) is 12.2 Å². The number of amides is 3. The third-order valence-electron chi connectivity index (χ3n) is 5.38. The second-order valence-electron chi connectivity index (χ2n) is 6.96. The van der Waals surface area contributed by atoms with Crippen LogP contribution in [0, 0.1) is 0 Å². The summed E-state index contributed by atoms with van der Waals surface area (Å²) in [6, 6.07) is 9.17. The average molecular weight is 372 g/mol. The van der Waals surface area contributed by atoms with Crippen LogP contribution in [0.15, 0.2) is 35.4 Å². The fourth-order valence-corrected chi connectivity index (χ4v) is 3.91. The molecule has 0 aromatic heterocycles. The van der Waals surface area contributed by atoms with Crippen LogP contribution in [-0.4, -0.2) is 96.8 Å². The number of fused-ring (bicyclic) bond motifs is 3. The number of methoxy groups -OCH3 is 1. The molecule has 9 heteroatoms. The minimum Gasteiger partial charge on any atom is -0.383 e. The molecule has 3 aliphatic heterocycles. The number of benzene rings is 1. The van der Waals surface area contributed by atoms with Crippen molar-refractivity contribution in [2.24, 2.45) is 5.10 Å². The zero-order valence-electron chi connectivity index (χ0n) is 15.7. The van der Waals surface area contributed by atoms with E-state index < -0.39 is 6.04 Å². The Morgan fingerprint density at radius 3 is 2.67 bits per heavy atom. The molecule has 0 aliphatic carbocycles. The van der Waals surface area contributed by atoms with Crippen LogP contribution < -0.4 is 5.32 Å². The molecule has 1 aromatic carbocycles. The Hall–Kier alpha value is -2.49. The maximum Gasteiger partial charge on any atom is 0.327 e. The highest BCUT2D eigenvalue weighted by molar-refractivity contribution is 6.04. The minimum absolute atomic E-state index is 0.195. The van der Waals surface area contributed by atoms with Crippen LogP contribution in [0.4, 0.5) is 4.79 Å². The molecule has 3 atom stereocenters. The molecule has 0 saturated carbocycles. The van der Waals surface area contributed by atoms with E-state index in [0.29, 0.717) is 19.7 Å². The predicted molar refractivity (Wildman–Crippen MR) is 98.7 cm³/mol. The number of imide groups is 1. The number of carbonyl (C=O) groups excluding carboxylic acids is 2. The van der Waals surface area contributed by atoms with Gasteiger partial charge < -0.3 is 9.64 Å². The lowest BCUT2D eigenvalue weighted by atomic mass is 10.1. The standard InChI is InChI=1S/C18H24N6O3/c1-21-15-14(16(25)22(2)18(21)26)23-11-13(12-7-5-4-6-8-12)20-24(9-10-27-3)17(23)19-15/h4-8,14-15,17,19H,9-11H2,1-3H3. The van der Waals surface area contributed by atoms with E-state index in [1.807, 2.05) is 35.3 Å². The maximum atomic E-state index is 12.9. The van der Waals surface area contributed by atoms with Gasteiger partial charge in [-0.05, 0) is 5.56 Å². The average Bonchev–Trinajstić information content (AvgIpc) is 3.09. The molecule has 2 fully saturated rings. The summed E-state index contributed by atoms with van der Waals surface area (Å²) in [5.41, 5.74) is 1.91. The van der Waals surface area contributed by atoms with Gasteiger partial charge in [0.2, 0.25) is 0 Å². The largest absolute Gasteiger partial charge is 0.383 e. The Bertz CT molecular complexity index is 770. The third-order valence-corrected chi connectivity index (χ3v) is 5.38. The van der Waals surface area contributed by atoms with E-state index in [2.05, 4.69) is 10.2 Å². The topological polar surface area (TPSA) is 80.7 Å². The van der Waals surface area contributed by atoms with Gasteiger partial charge in [-0.25, -0.2) is 9.69 Å². The van der Waals surface area contributed by atoms with E-state index in [1.165, 1.54) is 11.9 Å². The summed E-state index contributed by atoms with van der Waals surface area (Å²) in [6.07, 6.45) is -0.658. The van der Waals surface area contributed by atoms with Gasteiger partial charge in [-0.15, -0.1) is 0 Å². The summed E-state index contributed by atoms with van der Waals surface area (Å²) in [7, 11) is 4.90. The Morgan fingerprint density at radius 1 is 1.22 bits per heavy atom. The van der Waals surface area contributed by atoms with Crippen molar-refractivity contribution in [2.75, 3.05) is 40.9 Å². The number of hydrogen-bond acceptors (Lipinski definition) is 7. The molecule has 0 spiro atoms. The normalized spacial score (nSPS) is 28.3. The highest BCUT2D eigenvalue weighted by Gasteiger charge is 2.55. The molecule has 3 aliphatic rings. The van der Waals surface area contributed by atoms with Crippen LogP contribution in [0.2, 0.25) is 0 Å². The molecular formula is C18H24N6O3. The summed E-state index contributed by atoms with van der Waals surface area (Å²) in [5.74, 6) is -0.195. The number of urea groups is 1. The van der Waals surface area contributed by atoms with Gasteiger partial charge in [0, 0.05) is 27.7 Å². The number of nitrogens with one attached hydrogen (secondary N) is 1. The van der Waals surface area contributed by atoms with E-state index in [0.717, 1.165) is 11.3 Å². The van der Waals surface area contributed by atoms with E-state index in [9.17, 15) is 9.59 Å². The van der Waals surface area contributed by atoms with Gasteiger partial charge in [-0.1, -0.05) is 30.3 Å². The van der Waals surface area contributed by atoms with Crippen molar-refractivity contribution < 1.29 is 14.3 Å². The molecule has 0 radical (unpaired) electrons. The van der Waals surface area contributed by atoms with Gasteiger partial charge >= 0.3 is 6.03 Å². The first-order valence-electron chi connectivity index (χ1n) is 8.97.